The molecular weight excluding hydrogens is 230 g/mol. The van der Waals surface area contributed by atoms with Gasteiger partial charge in [0.1, 0.15) is 0 Å². The zero-order chi connectivity index (χ0) is 12.6. The number of hydrogen-bond donors (Lipinski definition) is 2. The highest BCUT2D eigenvalue weighted by molar-refractivity contribution is 7.99. The lowest BCUT2D eigenvalue weighted by atomic mass is 9.93. The summed E-state index contributed by atoms with van der Waals surface area (Å²) < 4.78 is 0. The molecular formula is C14H23NOS. The van der Waals surface area contributed by atoms with Crippen molar-refractivity contribution < 1.29 is 5.11 Å². The highest BCUT2D eigenvalue weighted by Gasteiger charge is 2.24. The molecule has 2 nitrogen and oxygen atoms in total. The molecule has 0 aliphatic carbocycles. The van der Waals surface area contributed by atoms with Gasteiger partial charge in [-0.15, -0.1) is 0 Å². The van der Waals surface area contributed by atoms with Gasteiger partial charge in [-0.05, 0) is 37.0 Å². The number of aliphatic hydroxyl groups is 1. The van der Waals surface area contributed by atoms with Crippen LogP contribution in [0.25, 0.3) is 0 Å². The minimum Gasteiger partial charge on any atom is -0.394 e. The molecule has 1 aromatic carbocycles. The van der Waals surface area contributed by atoms with E-state index in [0.717, 1.165) is 18.5 Å². The Morgan fingerprint density at radius 3 is 2.59 bits per heavy atom. The summed E-state index contributed by atoms with van der Waals surface area (Å²) in [6.45, 7) is 5.30. The lowest BCUT2D eigenvalue weighted by Crippen LogP contribution is -2.43. The molecule has 0 aromatic heterocycles. The maximum Gasteiger partial charge on any atom is 0.0652 e. The van der Waals surface area contributed by atoms with E-state index < -0.39 is 0 Å². The van der Waals surface area contributed by atoms with E-state index in [9.17, 15) is 5.11 Å². The molecule has 0 saturated heterocycles. The van der Waals surface area contributed by atoms with Crippen LogP contribution >= 0.6 is 11.8 Å². The summed E-state index contributed by atoms with van der Waals surface area (Å²) in [6, 6.07) is 10.1. The minimum absolute atomic E-state index is 0.123. The van der Waals surface area contributed by atoms with E-state index >= 15 is 0 Å². The first-order valence-corrected chi connectivity index (χ1v) is 7.37. The largest absolute Gasteiger partial charge is 0.394 e. The molecule has 0 spiro atoms. The highest BCUT2D eigenvalue weighted by Crippen LogP contribution is 2.19. The quantitative estimate of drug-likeness (QED) is 0.699. The molecule has 0 heterocycles. The first-order chi connectivity index (χ1) is 8.23. The third-order valence-corrected chi connectivity index (χ3v) is 3.90. The van der Waals surface area contributed by atoms with Gasteiger partial charge in [0.05, 0.1) is 12.1 Å². The van der Waals surface area contributed by atoms with Gasteiger partial charge in [-0.25, -0.2) is 0 Å². The van der Waals surface area contributed by atoms with Gasteiger partial charge in [-0.1, -0.05) is 37.3 Å². The second-order valence-corrected chi connectivity index (χ2v) is 5.73. The Balaban J connectivity index is 2.46. The van der Waals surface area contributed by atoms with Gasteiger partial charge in [0.15, 0.2) is 0 Å². The van der Waals surface area contributed by atoms with Gasteiger partial charge in [0.2, 0.25) is 0 Å². The van der Waals surface area contributed by atoms with Gasteiger partial charge in [-0.3, -0.25) is 0 Å². The summed E-state index contributed by atoms with van der Waals surface area (Å²) in [7, 11) is 0. The van der Waals surface area contributed by atoms with Crippen LogP contribution in [0.1, 0.15) is 25.8 Å². The molecule has 0 radical (unpaired) electrons. The van der Waals surface area contributed by atoms with Gasteiger partial charge in [-0.2, -0.15) is 11.8 Å². The monoisotopic (exact) mass is 253 g/mol. The van der Waals surface area contributed by atoms with Crippen LogP contribution in [0.5, 0.6) is 0 Å². The van der Waals surface area contributed by atoms with E-state index in [1.54, 1.807) is 0 Å². The maximum absolute atomic E-state index is 9.57. The fourth-order valence-electron chi connectivity index (χ4n) is 1.74. The minimum atomic E-state index is -0.321. The number of thioether (sulfide) groups is 1. The van der Waals surface area contributed by atoms with Crippen molar-refractivity contribution >= 4 is 11.8 Å². The Hall–Kier alpha value is -0.510. The summed E-state index contributed by atoms with van der Waals surface area (Å²) >= 11 is 1.96. The third-order valence-electron chi connectivity index (χ3n) is 2.91. The summed E-state index contributed by atoms with van der Waals surface area (Å²) in [5.74, 6) is 2.36. The van der Waals surface area contributed by atoms with Crippen molar-refractivity contribution in [3.63, 3.8) is 0 Å². The molecule has 0 amide bonds. The van der Waals surface area contributed by atoms with Gasteiger partial charge in [0, 0.05) is 0 Å². The average Bonchev–Trinajstić information content (AvgIpc) is 2.39. The zero-order valence-electron chi connectivity index (χ0n) is 10.8. The highest BCUT2D eigenvalue weighted by atomic mass is 32.2. The van der Waals surface area contributed by atoms with E-state index in [1.807, 2.05) is 30.0 Å². The molecule has 0 saturated carbocycles. The second-order valence-electron chi connectivity index (χ2n) is 4.33. The van der Waals surface area contributed by atoms with Crippen molar-refractivity contribution in [3.8, 4) is 0 Å². The van der Waals surface area contributed by atoms with E-state index in [0.29, 0.717) is 0 Å². The van der Waals surface area contributed by atoms with Crippen molar-refractivity contribution in [1.29, 1.82) is 0 Å². The summed E-state index contributed by atoms with van der Waals surface area (Å²) in [5.41, 5.74) is 0.823. The van der Waals surface area contributed by atoms with E-state index in [4.69, 9.17) is 0 Å². The van der Waals surface area contributed by atoms with Crippen LogP contribution in [-0.4, -0.2) is 29.8 Å². The molecule has 3 heteroatoms. The predicted molar refractivity (Wildman–Crippen MR) is 76.5 cm³/mol. The van der Waals surface area contributed by atoms with Crippen LogP contribution in [0, 0.1) is 0 Å². The second kappa shape index (κ2) is 7.75. The van der Waals surface area contributed by atoms with Gasteiger partial charge < -0.3 is 10.4 Å². The number of aliphatic hydroxyl groups excluding tert-OH is 1. The molecule has 0 bridgehead atoms. The average molecular weight is 253 g/mol. The number of hydrogen-bond acceptors (Lipinski definition) is 3. The molecule has 0 aliphatic rings. The van der Waals surface area contributed by atoms with Crippen molar-refractivity contribution in [3.05, 3.63) is 35.9 Å². The number of rotatable bonds is 8. The first kappa shape index (κ1) is 14.6. The number of nitrogens with one attached hydrogen (secondary N) is 1. The lowest BCUT2D eigenvalue weighted by Gasteiger charge is -2.29. The smallest absolute Gasteiger partial charge is 0.0652 e. The van der Waals surface area contributed by atoms with Crippen LogP contribution in [0.4, 0.5) is 0 Å². The number of benzene rings is 1. The molecule has 1 atom stereocenters. The molecule has 1 aromatic rings. The lowest BCUT2D eigenvalue weighted by molar-refractivity contribution is 0.175. The molecule has 96 valence electrons. The molecule has 17 heavy (non-hydrogen) atoms. The van der Waals surface area contributed by atoms with E-state index in [1.165, 1.54) is 11.5 Å². The van der Waals surface area contributed by atoms with Crippen LogP contribution in [0.3, 0.4) is 0 Å². The predicted octanol–water partition coefficient (Wildman–Crippen LogP) is 2.63. The fraction of sp³-hybridized carbons (Fsp3) is 0.571. The molecule has 2 N–H and O–H groups in total. The van der Waals surface area contributed by atoms with Crippen molar-refractivity contribution in [2.75, 3.05) is 24.7 Å². The molecule has 1 unspecified atom stereocenters. The Morgan fingerprint density at radius 1 is 1.29 bits per heavy atom. The normalized spacial score (nSPS) is 14.5. The van der Waals surface area contributed by atoms with Crippen molar-refractivity contribution in [1.82, 2.24) is 5.32 Å². The fourth-order valence-corrected chi connectivity index (χ4v) is 2.38. The SMILES string of the molecule is CCSCCCNC(C)(CO)c1ccccc1. The summed E-state index contributed by atoms with van der Waals surface area (Å²) in [5, 5.41) is 13.0. The Kier molecular flexibility index (Phi) is 6.63. The third kappa shape index (κ3) is 4.70. The zero-order valence-corrected chi connectivity index (χ0v) is 11.6. The molecule has 1 rings (SSSR count). The van der Waals surface area contributed by atoms with Gasteiger partial charge >= 0.3 is 0 Å². The Bertz CT molecular complexity index is 304. The van der Waals surface area contributed by atoms with E-state index in [-0.39, 0.29) is 12.1 Å². The van der Waals surface area contributed by atoms with Crippen LogP contribution < -0.4 is 5.32 Å². The van der Waals surface area contributed by atoms with Gasteiger partial charge in [0.25, 0.3) is 0 Å². The topological polar surface area (TPSA) is 32.3 Å². The van der Waals surface area contributed by atoms with Crippen molar-refractivity contribution in [2.45, 2.75) is 25.8 Å². The summed E-state index contributed by atoms with van der Waals surface area (Å²) in [6.07, 6.45) is 1.14. The Morgan fingerprint density at radius 2 is 2.00 bits per heavy atom. The first-order valence-electron chi connectivity index (χ1n) is 6.22. The Labute approximate surface area is 109 Å². The van der Waals surface area contributed by atoms with Crippen LogP contribution in [-0.2, 0) is 5.54 Å². The molecule has 0 aliphatic heterocycles. The van der Waals surface area contributed by atoms with E-state index in [2.05, 4.69) is 31.3 Å². The van der Waals surface area contributed by atoms with Crippen LogP contribution in [0.2, 0.25) is 0 Å². The summed E-state index contributed by atoms with van der Waals surface area (Å²) in [4.78, 5) is 0. The standard InChI is InChI=1S/C14H23NOS/c1-3-17-11-7-10-15-14(2,12-16)13-8-5-4-6-9-13/h4-6,8-9,15-16H,3,7,10-12H2,1-2H3. The van der Waals surface area contributed by atoms with Crippen LogP contribution in [0.15, 0.2) is 30.3 Å². The maximum atomic E-state index is 9.57. The molecule has 0 fully saturated rings. The van der Waals surface area contributed by atoms with Crippen molar-refractivity contribution in [2.24, 2.45) is 0 Å².